The van der Waals surface area contributed by atoms with Crippen molar-refractivity contribution in [3.8, 4) is 5.75 Å². The standard InChI is InChI=1S/C36H36F3N5O4/c1-24-3-8-27(21-31(24)44-23-35(22-33(44)46)14-17-47-18-15-35)41-34-40-16-13-32(42-34)43(2)28-9-4-25(5-10-28)19-29(45)20-26-6-11-30(12-7-26)48-36(37,38)39/h3-13,16,21H,14-15,17-20,22-23H2,1-2H3,(H,40,41,42). The maximum Gasteiger partial charge on any atom is 0.573 e. The monoisotopic (exact) mass is 659 g/mol. The molecule has 2 aliphatic rings. The van der Waals surface area contributed by atoms with Crippen molar-refractivity contribution >= 4 is 40.5 Å². The highest BCUT2D eigenvalue weighted by Gasteiger charge is 2.44. The molecule has 2 aliphatic heterocycles. The fourth-order valence-electron chi connectivity index (χ4n) is 6.25. The molecule has 4 aromatic rings. The van der Waals surface area contributed by atoms with Gasteiger partial charge >= 0.3 is 6.36 Å². The van der Waals surface area contributed by atoms with Crippen molar-refractivity contribution in [1.82, 2.24) is 9.97 Å². The van der Waals surface area contributed by atoms with E-state index >= 15 is 0 Å². The molecular weight excluding hydrogens is 623 g/mol. The van der Waals surface area contributed by atoms with Crippen LogP contribution in [0.4, 0.5) is 42.0 Å². The summed E-state index contributed by atoms with van der Waals surface area (Å²) in [5.41, 5.74) is 4.93. The Balaban J connectivity index is 1.07. The number of benzene rings is 3. The molecular formula is C36H36F3N5O4. The van der Waals surface area contributed by atoms with Gasteiger partial charge in [-0.1, -0.05) is 30.3 Å². The zero-order chi connectivity index (χ0) is 33.9. The number of anilines is 5. The Bertz CT molecular complexity index is 1770. The molecule has 48 heavy (non-hydrogen) atoms. The predicted molar refractivity (Wildman–Crippen MR) is 176 cm³/mol. The average molecular weight is 660 g/mol. The van der Waals surface area contributed by atoms with E-state index in [9.17, 15) is 22.8 Å². The molecule has 6 rings (SSSR count). The molecule has 1 amide bonds. The molecule has 9 nitrogen and oxygen atoms in total. The van der Waals surface area contributed by atoms with Gasteiger partial charge in [0.05, 0.1) is 0 Å². The first-order valence-corrected chi connectivity index (χ1v) is 15.7. The lowest BCUT2D eigenvalue weighted by atomic mass is 9.79. The summed E-state index contributed by atoms with van der Waals surface area (Å²) in [6.07, 6.45) is -0.477. The summed E-state index contributed by atoms with van der Waals surface area (Å²) in [6, 6.07) is 20.5. The normalized spacial score (nSPS) is 15.9. The van der Waals surface area contributed by atoms with Gasteiger partial charge in [0.1, 0.15) is 17.4 Å². The van der Waals surface area contributed by atoms with Crippen LogP contribution in [0.2, 0.25) is 0 Å². The molecule has 3 aromatic carbocycles. The Hall–Kier alpha value is -4.97. The Labute approximate surface area is 276 Å². The number of hydrogen-bond acceptors (Lipinski definition) is 8. The van der Waals surface area contributed by atoms with Crippen LogP contribution >= 0.6 is 0 Å². The molecule has 0 radical (unpaired) electrons. The van der Waals surface area contributed by atoms with Gasteiger partial charge in [0.2, 0.25) is 11.9 Å². The summed E-state index contributed by atoms with van der Waals surface area (Å²) >= 11 is 0. The van der Waals surface area contributed by atoms with Crippen molar-refractivity contribution in [2.24, 2.45) is 5.41 Å². The summed E-state index contributed by atoms with van der Waals surface area (Å²) < 4.78 is 46.6. The van der Waals surface area contributed by atoms with Crippen molar-refractivity contribution in [2.45, 2.75) is 45.4 Å². The van der Waals surface area contributed by atoms with Gasteiger partial charge in [0, 0.05) is 74.7 Å². The third-order valence-corrected chi connectivity index (χ3v) is 8.90. The Kier molecular flexibility index (Phi) is 9.36. The second kappa shape index (κ2) is 13.6. The fraction of sp³-hybridized carbons (Fsp3) is 0.333. The van der Waals surface area contributed by atoms with Crippen LogP contribution < -0.4 is 19.9 Å². The minimum Gasteiger partial charge on any atom is -0.406 e. The summed E-state index contributed by atoms with van der Waals surface area (Å²) in [7, 11) is 1.88. The molecule has 1 spiro atoms. The summed E-state index contributed by atoms with van der Waals surface area (Å²) in [4.78, 5) is 38.7. The van der Waals surface area contributed by atoms with Gasteiger partial charge in [-0.3, -0.25) is 9.59 Å². The molecule has 2 saturated heterocycles. The molecule has 0 saturated carbocycles. The molecule has 2 fully saturated rings. The molecule has 12 heteroatoms. The fourth-order valence-corrected chi connectivity index (χ4v) is 6.25. The molecule has 0 unspecified atom stereocenters. The zero-order valence-corrected chi connectivity index (χ0v) is 26.7. The second-order valence-corrected chi connectivity index (χ2v) is 12.4. The first-order valence-electron chi connectivity index (χ1n) is 15.7. The number of Topliss-reactive ketones (excluding diaryl/α,β-unsaturated/α-hetero) is 1. The smallest absolute Gasteiger partial charge is 0.406 e. The van der Waals surface area contributed by atoms with Crippen molar-refractivity contribution in [3.05, 3.63) is 95.7 Å². The van der Waals surface area contributed by atoms with Crippen LogP contribution in [0.1, 0.15) is 36.0 Å². The highest BCUT2D eigenvalue weighted by Crippen LogP contribution is 2.43. The molecule has 250 valence electrons. The highest BCUT2D eigenvalue weighted by atomic mass is 19.4. The number of carbonyl (C=O) groups is 2. The van der Waals surface area contributed by atoms with Gasteiger partial charge in [-0.25, -0.2) is 4.98 Å². The molecule has 1 aromatic heterocycles. The topological polar surface area (TPSA) is 96.9 Å². The average Bonchev–Trinajstić information content (AvgIpc) is 3.37. The largest absolute Gasteiger partial charge is 0.573 e. The van der Waals surface area contributed by atoms with Gasteiger partial charge < -0.3 is 24.6 Å². The lowest BCUT2D eigenvalue weighted by molar-refractivity contribution is -0.274. The number of aromatic nitrogens is 2. The lowest BCUT2D eigenvalue weighted by Gasteiger charge is -2.32. The van der Waals surface area contributed by atoms with Crippen LogP contribution in [-0.2, 0) is 27.2 Å². The van der Waals surface area contributed by atoms with Crippen molar-refractivity contribution in [3.63, 3.8) is 0 Å². The molecule has 0 aliphatic carbocycles. The predicted octanol–water partition coefficient (Wildman–Crippen LogP) is 7.08. The van der Waals surface area contributed by atoms with Gasteiger partial charge in [-0.15, -0.1) is 13.2 Å². The number of halogens is 3. The van der Waals surface area contributed by atoms with E-state index in [0.29, 0.717) is 43.5 Å². The van der Waals surface area contributed by atoms with Crippen LogP contribution in [0.25, 0.3) is 0 Å². The van der Waals surface area contributed by atoms with E-state index in [1.54, 1.807) is 12.3 Å². The number of nitrogens with zero attached hydrogens (tertiary/aromatic N) is 4. The number of ether oxygens (including phenoxy) is 2. The zero-order valence-electron chi connectivity index (χ0n) is 26.7. The second-order valence-electron chi connectivity index (χ2n) is 12.4. The Morgan fingerprint density at radius 3 is 2.33 bits per heavy atom. The van der Waals surface area contributed by atoms with Crippen LogP contribution in [0.15, 0.2) is 79.0 Å². The van der Waals surface area contributed by atoms with E-state index in [-0.39, 0.29) is 35.7 Å². The SMILES string of the molecule is Cc1ccc(Nc2nccc(N(C)c3ccc(CC(=O)Cc4ccc(OC(F)(F)F)cc4)cc3)n2)cc1N1CC2(CCOCC2)CC1=O. The van der Waals surface area contributed by atoms with Gasteiger partial charge in [-0.05, 0) is 78.9 Å². The van der Waals surface area contributed by atoms with E-state index in [2.05, 4.69) is 15.0 Å². The Morgan fingerprint density at radius 1 is 1.00 bits per heavy atom. The number of nitrogens with one attached hydrogen (secondary N) is 1. The number of ketones is 1. The summed E-state index contributed by atoms with van der Waals surface area (Å²) in [5, 5.41) is 3.29. The number of aryl methyl sites for hydroxylation is 1. The van der Waals surface area contributed by atoms with E-state index in [1.807, 2.05) is 66.2 Å². The van der Waals surface area contributed by atoms with E-state index < -0.39 is 6.36 Å². The summed E-state index contributed by atoms with van der Waals surface area (Å²) in [6.45, 7) is 4.09. The quantitative estimate of drug-likeness (QED) is 0.193. The minimum atomic E-state index is -4.76. The lowest BCUT2D eigenvalue weighted by Crippen LogP contribution is -2.33. The minimum absolute atomic E-state index is 0.0190. The van der Waals surface area contributed by atoms with Crippen molar-refractivity contribution in [2.75, 3.05) is 41.9 Å². The third-order valence-electron chi connectivity index (χ3n) is 8.90. The molecule has 0 atom stereocenters. The van der Waals surface area contributed by atoms with Crippen molar-refractivity contribution in [1.29, 1.82) is 0 Å². The summed E-state index contributed by atoms with van der Waals surface area (Å²) in [5.74, 6) is 0.804. The molecule has 0 bridgehead atoms. The first-order chi connectivity index (χ1) is 23.0. The van der Waals surface area contributed by atoms with E-state index in [1.165, 1.54) is 24.3 Å². The maximum atomic E-state index is 13.1. The Morgan fingerprint density at radius 2 is 1.67 bits per heavy atom. The van der Waals surface area contributed by atoms with Crippen LogP contribution in [0.3, 0.4) is 0 Å². The van der Waals surface area contributed by atoms with E-state index in [4.69, 9.17) is 9.72 Å². The number of amides is 1. The third kappa shape index (κ3) is 7.93. The van der Waals surface area contributed by atoms with Crippen LogP contribution in [0, 0.1) is 12.3 Å². The van der Waals surface area contributed by atoms with E-state index in [0.717, 1.165) is 41.0 Å². The van der Waals surface area contributed by atoms with Crippen LogP contribution in [-0.4, -0.2) is 54.8 Å². The number of hydrogen-bond donors (Lipinski definition) is 1. The number of carbonyl (C=O) groups excluding carboxylic acids is 2. The van der Waals surface area contributed by atoms with Gasteiger partial charge in [0.15, 0.2) is 0 Å². The number of alkyl halides is 3. The number of rotatable bonds is 10. The molecule has 3 heterocycles. The van der Waals surface area contributed by atoms with Crippen LogP contribution in [0.5, 0.6) is 5.75 Å². The van der Waals surface area contributed by atoms with Gasteiger partial charge in [0.25, 0.3) is 0 Å². The van der Waals surface area contributed by atoms with Crippen molar-refractivity contribution < 1.29 is 32.2 Å². The molecule has 1 N–H and O–H groups in total. The first kappa shape index (κ1) is 33.0. The van der Waals surface area contributed by atoms with Gasteiger partial charge in [-0.2, -0.15) is 4.98 Å². The highest BCUT2D eigenvalue weighted by molar-refractivity contribution is 5.97. The maximum absolute atomic E-state index is 13.1.